The zero-order chi connectivity index (χ0) is 23.8. The molecule has 9 heteroatoms. The number of aromatic amines is 1. The molecule has 0 fully saturated rings. The normalized spacial score (nSPS) is 11.4. The van der Waals surface area contributed by atoms with Crippen LogP contribution in [0.25, 0.3) is 22.5 Å². The topological polar surface area (TPSA) is 104 Å². The summed E-state index contributed by atoms with van der Waals surface area (Å²) >= 11 is 0. The zero-order valence-corrected chi connectivity index (χ0v) is 19.9. The van der Waals surface area contributed by atoms with Gasteiger partial charge in [0.25, 0.3) is 0 Å². The lowest BCUT2D eigenvalue weighted by Crippen LogP contribution is -2.11. The van der Waals surface area contributed by atoms with Gasteiger partial charge in [-0.1, -0.05) is 61.9 Å². The number of aryl methyl sites for hydroxylation is 1. The summed E-state index contributed by atoms with van der Waals surface area (Å²) in [5, 5.41) is 19.1. The number of hydrogen-bond acceptors (Lipinski definition) is 7. The maximum atomic E-state index is 5.72. The van der Waals surface area contributed by atoms with Gasteiger partial charge in [0.1, 0.15) is 5.82 Å². The van der Waals surface area contributed by atoms with Gasteiger partial charge < -0.3 is 9.47 Å². The molecular formula is C25H31N7O2. The lowest BCUT2D eigenvalue weighted by Gasteiger charge is -2.12. The molecule has 0 aliphatic carbocycles. The van der Waals surface area contributed by atoms with E-state index in [-0.39, 0.29) is 0 Å². The van der Waals surface area contributed by atoms with E-state index >= 15 is 0 Å². The van der Waals surface area contributed by atoms with Crippen LogP contribution in [0.3, 0.4) is 0 Å². The van der Waals surface area contributed by atoms with E-state index < -0.39 is 6.29 Å². The van der Waals surface area contributed by atoms with Crippen molar-refractivity contribution in [1.29, 1.82) is 0 Å². The van der Waals surface area contributed by atoms with Gasteiger partial charge in [0.05, 0.1) is 0 Å². The largest absolute Gasteiger partial charge is 0.346 e. The highest BCUT2D eigenvalue weighted by Crippen LogP contribution is 2.30. The molecule has 0 spiro atoms. The van der Waals surface area contributed by atoms with Crippen molar-refractivity contribution in [2.24, 2.45) is 0 Å². The Morgan fingerprint density at radius 3 is 2.32 bits per heavy atom. The minimum Gasteiger partial charge on any atom is -0.346 e. The SMILES string of the molecule is CCCCn1nc(C(OCC)OCC)nc1Cc1ccc(-c2ccccc2-c2nnn[nH]2)cc1. The summed E-state index contributed by atoms with van der Waals surface area (Å²) in [6.45, 7) is 7.96. The zero-order valence-electron chi connectivity index (χ0n) is 19.9. The highest BCUT2D eigenvalue weighted by Gasteiger charge is 2.20. The van der Waals surface area contributed by atoms with Crippen molar-refractivity contribution in [3.8, 4) is 22.5 Å². The Bertz CT molecular complexity index is 1150. The van der Waals surface area contributed by atoms with Crippen LogP contribution in [0, 0.1) is 0 Å². The molecule has 0 saturated carbocycles. The Morgan fingerprint density at radius 1 is 0.941 bits per heavy atom. The van der Waals surface area contributed by atoms with Crippen molar-refractivity contribution in [2.45, 2.75) is 52.9 Å². The standard InChI is InChI=1S/C25H31N7O2/c1-4-7-16-32-22(26-24(29-32)25(33-5-2)34-6-3)17-18-12-14-19(15-13-18)20-10-8-9-11-21(20)23-27-30-31-28-23/h8-15,25H,4-7,16-17H2,1-3H3,(H,27,28,30,31). The Hall–Kier alpha value is -3.43. The van der Waals surface area contributed by atoms with Crippen LogP contribution >= 0.6 is 0 Å². The van der Waals surface area contributed by atoms with Crippen LogP contribution in [0.2, 0.25) is 0 Å². The summed E-state index contributed by atoms with van der Waals surface area (Å²) in [6, 6.07) is 16.6. The molecule has 0 radical (unpaired) electrons. The maximum absolute atomic E-state index is 5.72. The van der Waals surface area contributed by atoms with Crippen LogP contribution in [0.1, 0.15) is 57.1 Å². The molecule has 0 amide bonds. The first kappa shape index (κ1) is 23.7. The summed E-state index contributed by atoms with van der Waals surface area (Å²) < 4.78 is 13.4. The molecule has 2 aromatic heterocycles. The van der Waals surface area contributed by atoms with E-state index in [1.807, 2.05) is 36.7 Å². The Kier molecular flexibility index (Phi) is 8.11. The van der Waals surface area contributed by atoms with Gasteiger partial charge in [-0.15, -0.1) is 5.10 Å². The molecule has 0 aliphatic heterocycles. The third-order valence-corrected chi connectivity index (χ3v) is 5.49. The number of aromatic nitrogens is 7. The first-order chi connectivity index (χ1) is 16.7. The number of tetrazole rings is 1. The number of rotatable bonds is 12. The molecule has 9 nitrogen and oxygen atoms in total. The molecule has 0 aliphatic rings. The second-order valence-electron chi connectivity index (χ2n) is 7.87. The van der Waals surface area contributed by atoms with Gasteiger partial charge in [-0.25, -0.2) is 14.8 Å². The van der Waals surface area contributed by atoms with E-state index in [1.165, 1.54) is 0 Å². The molecule has 0 bridgehead atoms. The van der Waals surface area contributed by atoms with Crippen molar-refractivity contribution < 1.29 is 9.47 Å². The monoisotopic (exact) mass is 461 g/mol. The molecular weight excluding hydrogens is 430 g/mol. The van der Waals surface area contributed by atoms with Crippen LogP contribution < -0.4 is 0 Å². The van der Waals surface area contributed by atoms with Gasteiger partial charge in [-0.3, -0.25) is 0 Å². The number of benzene rings is 2. The highest BCUT2D eigenvalue weighted by molar-refractivity contribution is 5.80. The minimum absolute atomic E-state index is 0.538. The minimum atomic E-state index is -0.541. The smallest absolute Gasteiger partial charge is 0.221 e. The van der Waals surface area contributed by atoms with Crippen LogP contribution in [0.5, 0.6) is 0 Å². The van der Waals surface area contributed by atoms with Crippen LogP contribution in [-0.4, -0.2) is 48.6 Å². The second kappa shape index (κ2) is 11.6. The molecule has 0 atom stereocenters. The van der Waals surface area contributed by atoms with E-state index in [0.717, 1.165) is 47.5 Å². The highest BCUT2D eigenvalue weighted by atomic mass is 16.7. The van der Waals surface area contributed by atoms with E-state index in [1.54, 1.807) is 0 Å². The quantitative estimate of drug-likeness (QED) is 0.308. The van der Waals surface area contributed by atoms with Crippen molar-refractivity contribution in [1.82, 2.24) is 35.4 Å². The van der Waals surface area contributed by atoms with Gasteiger partial charge in [0.2, 0.25) is 12.1 Å². The van der Waals surface area contributed by atoms with E-state index in [9.17, 15) is 0 Å². The Balaban J connectivity index is 1.58. The summed E-state index contributed by atoms with van der Waals surface area (Å²) in [5.74, 6) is 2.14. The molecule has 0 unspecified atom stereocenters. The molecule has 2 aromatic carbocycles. The van der Waals surface area contributed by atoms with Crippen LogP contribution in [0.15, 0.2) is 48.5 Å². The fourth-order valence-corrected chi connectivity index (χ4v) is 3.81. The molecule has 34 heavy (non-hydrogen) atoms. The number of hydrogen-bond donors (Lipinski definition) is 1. The van der Waals surface area contributed by atoms with Crippen molar-refractivity contribution in [3.63, 3.8) is 0 Å². The predicted molar refractivity (Wildman–Crippen MR) is 129 cm³/mol. The molecule has 1 N–H and O–H groups in total. The van der Waals surface area contributed by atoms with Gasteiger partial charge in [-0.05, 0) is 47.4 Å². The first-order valence-corrected chi connectivity index (χ1v) is 11.8. The summed E-state index contributed by atoms with van der Waals surface area (Å²) in [5.41, 5.74) is 4.28. The lowest BCUT2D eigenvalue weighted by atomic mass is 9.98. The van der Waals surface area contributed by atoms with Crippen molar-refractivity contribution in [2.75, 3.05) is 13.2 Å². The number of unbranched alkanes of at least 4 members (excludes halogenated alkanes) is 1. The van der Waals surface area contributed by atoms with Crippen LogP contribution in [-0.2, 0) is 22.4 Å². The maximum Gasteiger partial charge on any atom is 0.221 e. The molecule has 4 rings (SSSR count). The van der Waals surface area contributed by atoms with Gasteiger partial charge in [0, 0.05) is 31.7 Å². The lowest BCUT2D eigenvalue weighted by molar-refractivity contribution is -0.145. The van der Waals surface area contributed by atoms with E-state index in [4.69, 9.17) is 19.6 Å². The molecule has 178 valence electrons. The second-order valence-corrected chi connectivity index (χ2v) is 7.87. The van der Waals surface area contributed by atoms with Gasteiger partial charge in [0.15, 0.2) is 5.82 Å². The first-order valence-electron chi connectivity index (χ1n) is 11.8. The number of H-pyrrole nitrogens is 1. The number of ether oxygens (including phenoxy) is 2. The van der Waals surface area contributed by atoms with Crippen LogP contribution in [0.4, 0.5) is 0 Å². The third-order valence-electron chi connectivity index (χ3n) is 5.49. The Labute approximate surface area is 199 Å². The number of nitrogens with one attached hydrogen (secondary N) is 1. The van der Waals surface area contributed by atoms with Crippen molar-refractivity contribution >= 4 is 0 Å². The fourth-order valence-electron chi connectivity index (χ4n) is 3.81. The van der Waals surface area contributed by atoms with Gasteiger partial charge in [-0.2, -0.15) is 5.10 Å². The average molecular weight is 462 g/mol. The molecule has 4 aromatic rings. The summed E-state index contributed by atoms with van der Waals surface area (Å²) in [7, 11) is 0. The summed E-state index contributed by atoms with van der Waals surface area (Å²) in [4.78, 5) is 4.80. The van der Waals surface area contributed by atoms with Crippen molar-refractivity contribution in [3.05, 3.63) is 65.7 Å². The molecule has 0 saturated heterocycles. The van der Waals surface area contributed by atoms with E-state index in [2.05, 4.69) is 57.9 Å². The third kappa shape index (κ3) is 5.55. The average Bonchev–Trinajstić information content (AvgIpc) is 3.54. The fraction of sp³-hybridized carbons (Fsp3) is 0.400. The Morgan fingerprint density at radius 2 is 1.68 bits per heavy atom. The number of nitrogens with zero attached hydrogens (tertiary/aromatic N) is 6. The molecule has 2 heterocycles. The van der Waals surface area contributed by atoms with Gasteiger partial charge >= 0.3 is 0 Å². The predicted octanol–water partition coefficient (Wildman–Crippen LogP) is 4.59. The summed E-state index contributed by atoms with van der Waals surface area (Å²) in [6.07, 6.45) is 2.26. The van der Waals surface area contributed by atoms with E-state index in [0.29, 0.717) is 31.3 Å².